The number of halogens is 2. The fourth-order valence-electron chi connectivity index (χ4n) is 1.83. The highest BCUT2D eigenvalue weighted by Gasteiger charge is 2.47. The Labute approximate surface area is 103 Å². The summed E-state index contributed by atoms with van der Waals surface area (Å²) in [5, 5.41) is 0. The van der Waals surface area contributed by atoms with E-state index >= 15 is 0 Å². The maximum atomic E-state index is 13.3. The molecule has 16 heavy (non-hydrogen) atoms. The molecule has 0 heterocycles. The molecule has 1 fully saturated rings. The van der Waals surface area contributed by atoms with E-state index in [0.29, 0.717) is 10.2 Å². The quantitative estimate of drug-likeness (QED) is 0.907. The van der Waals surface area contributed by atoms with Gasteiger partial charge in [0.2, 0.25) is 0 Å². The van der Waals surface area contributed by atoms with Crippen molar-refractivity contribution in [1.29, 1.82) is 0 Å². The molecule has 1 aliphatic rings. The van der Waals surface area contributed by atoms with E-state index < -0.39 is 0 Å². The highest BCUT2D eigenvalue weighted by Crippen LogP contribution is 2.41. The predicted molar refractivity (Wildman–Crippen MR) is 64.9 cm³/mol. The molecule has 0 radical (unpaired) electrons. The zero-order valence-corrected chi connectivity index (χ0v) is 10.9. The van der Waals surface area contributed by atoms with Crippen LogP contribution in [0.15, 0.2) is 22.7 Å². The molecule has 2 atom stereocenters. The van der Waals surface area contributed by atoms with E-state index in [1.54, 1.807) is 12.1 Å². The molecule has 0 aromatic heterocycles. The highest BCUT2D eigenvalue weighted by atomic mass is 79.9. The zero-order valence-electron chi connectivity index (χ0n) is 9.34. The van der Waals surface area contributed by atoms with Crippen molar-refractivity contribution in [2.45, 2.75) is 32.4 Å². The van der Waals surface area contributed by atoms with Crippen molar-refractivity contribution in [3.05, 3.63) is 28.5 Å². The normalized spacial score (nSPS) is 27.3. The van der Waals surface area contributed by atoms with Gasteiger partial charge in [0.25, 0.3) is 0 Å². The van der Waals surface area contributed by atoms with E-state index in [0.717, 1.165) is 6.42 Å². The Kier molecular flexibility index (Phi) is 2.97. The summed E-state index contributed by atoms with van der Waals surface area (Å²) in [5.41, 5.74) is 5.85. The van der Waals surface area contributed by atoms with Crippen LogP contribution in [0, 0.1) is 11.2 Å². The first-order valence-electron chi connectivity index (χ1n) is 5.28. The number of rotatable bonds is 2. The molecular weight excluding hydrogens is 273 g/mol. The van der Waals surface area contributed by atoms with Crippen LogP contribution in [0.2, 0.25) is 0 Å². The van der Waals surface area contributed by atoms with E-state index in [1.165, 1.54) is 6.07 Å². The monoisotopic (exact) mass is 287 g/mol. The van der Waals surface area contributed by atoms with Gasteiger partial charge >= 0.3 is 0 Å². The lowest BCUT2D eigenvalue weighted by molar-refractivity contribution is -0.0401. The topological polar surface area (TPSA) is 35.2 Å². The van der Waals surface area contributed by atoms with Crippen LogP contribution >= 0.6 is 15.9 Å². The van der Waals surface area contributed by atoms with Crippen molar-refractivity contribution in [3.63, 3.8) is 0 Å². The number of nitrogens with two attached hydrogens (primary N) is 1. The van der Waals surface area contributed by atoms with Crippen molar-refractivity contribution < 1.29 is 9.13 Å². The van der Waals surface area contributed by atoms with Crippen LogP contribution in [0.5, 0.6) is 5.75 Å². The molecule has 0 amide bonds. The third-order valence-corrected chi connectivity index (χ3v) is 4.07. The SMILES string of the molecule is CC1(C)C(N)CC1Oc1ccc(Br)c(F)c1. The maximum Gasteiger partial charge on any atom is 0.141 e. The van der Waals surface area contributed by atoms with Crippen molar-refractivity contribution in [2.24, 2.45) is 11.1 Å². The van der Waals surface area contributed by atoms with Crippen LogP contribution in [-0.4, -0.2) is 12.1 Å². The second-order valence-electron chi connectivity index (χ2n) is 4.85. The van der Waals surface area contributed by atoms with E-state index in [2.05, 4.69) is 29.8 Å². The molecular formula is C12H15BrFNO. The second kappa shape index (κ2) is 4.00. The first kappa shape index (κ1) is 11.9. The van der Waals surface area contributed by atoms with Crippen molar-refractivity contribution in [3.8, 4) is 5.75 Å². The molecule has 1 saturated carbocycles. The van der Waals surface area contributed by atoms with Crippen LogP contribution in [0.3, 0.4) is 0 Å². The van der Waals surface area contributed by atoms with Crippen molar-refractivity contribution in [1.82, 2.24) is 0 Å². The van der Waals surface area contributed by atoms with Gasteiger partial charge in [-0.25, -0.2) is 4.39 Å². The Morgan fingerprint density at radius 3 is 2.69 bits per heavy atom. The van der Waals surface area contributed by atoms with Gasteiger partial charge in [-0.15, -0.1) is 0 Å². The fraction of sp³-hybridized carbons (Fsp3) is 0.500. The molecule has 2 nitrogen and oxygen atoms in total. The van der Waals surface area contributed by atoms with Crippen molar-refractivity contribution >= 4 is 15.9 Å². The van der Waals surface area contributed by atoms with E-state index in [1.807, 2.05) is 0 Å². The molecule has 88 valence electrons. The Morgan fingerprint density at radius 1 is 1.50 bits per heavy atom. The van der Waals surface area contributed by atoms with Crippen LogP contribution in [0.4, 0.5) is 4.39 Å². The summed E-state index contributed by atoms with van der Waals surface area (Å²) >= 11 is 3.11. The Hall–Kier alpha value is -0.610. The Morgan fingerprint density at radius 2 is 2.19 bits per heavy atom. The van der Waals surface area contributed by atoms with Gasteiger partial charge in [-0.3, -0.25) is 0 Å². The van der Waals surface area contributed by atoms with Gasteiger partial charge in [-0.05, 0) is 28.1 Å². The molecule has 0 saturated heterocycles. The molecule has 2 rings (SSSR count). The number of hydrogen-bond acceptors (Lipinski definition) is 2. The fourth-order valence-corrected chi connectivity index (χ4v) is 2.08. The third kappa shape index (κ3) is 1.96. The summed E-state index contributed by atoms with van der Waals surface area (Å²) in [6.07, 6.45) is 0.896. The molecule has 1 aliphatic carbocycles. The molecule has 0 aliphatic heterocycles. The van der Waals surface area contributed by atoms with E-state index in [-0.39, 0.29) is 23.4 Å². The molecule has 4 heteroatoms. The lowest BCUT2D eigenvalue weighted by Crippen LogP contribution is -2.60. The minimum absolute atomic E-state index is 0.0381. The van der Waals surface area contributed by atoms with Crippen LogP contribution < -0.4 is 10.5 Å². The summed E-state index contributed by atoms with van der Waals surface area (Å²) in [6, 6.07) is 4.96. The van der Waals surface area contributed by atoms with E-state index in [4.69, 9.17) is 10.5 Å². The van der Waals surface area contributed by atoms with Gasteiger partial charge < -0.3 is 10.5 Å². The minimum Gasteiger partial charge on any atom is -0.490 e. The number of ether oxygens (including phenoxy) is 1. The second-order valence-corrected chi connectivity index (χ2v) is 5.70. The maximum absolute atomic E-state index is 13.3. The van der Waals surface area contributed by atoms with Crippen LogP contribution in [-0.2, 0) is 0 Å². The Bertz CT molecular complexity index is 408. The van der Waals surface area contributed by atoms with Gasteiger partial charge in [0, 0.05) is 23.9 Å². The highest BCUT2D eigenvalue weighted by molar-refractivity contribution is 9.10. The van der Waals surface area contributed by atoms with E-state index in [9.17, 15) is 4.39 Å². The van der Waals surface area contributed by atoms with Crippen LogP contribution in [0.1, 0.15) is 20.3 Å². The molecule has 0 bridgehead atoms. The van der Waals surface area contributed by atoms with Crippen LogP contribution in [0.25, 0.3) is 0 Å². The van der Waals surface area contributed by atoms with Gasteiger partial charge in [-0.2, -0.15) is 0 Å². The molecule has 2 unspecified atom stereocenters. The summed E-state index contributed by atoms with van der Waals surface area (Å²) in [5.74, 6) is 0.254. The standard InChI is InChI=1S/C12H15BrFNO/c1-12(2)10(15)6-11(12)16-7-3-4-8(13)9(14)5-7/h3-5,10-11H,6,15H2,1-2H3. The average Bonchev–Trinajstić information content (AvgIpc) is 2.23. The summed E-state index contributed by atoms with van der Waals surface area (Å²) < 4.78 is 19.4. The van der Waals surface area contributed by atoms with Gasteiger partial charge in [0.05, 0.1) is 4.47 Å². The third-order valence-electron chi connectivity index (χ3n) is 3.42. The summed E-state index contributed by atoms with van der Waals surface area (Å²) in [4.78, 5) is 0. The Balaban J connectivity index is 2.08. The number of hydrogen-bond donors (Lipinski definition) is 1. The summed E-state index contributed by atoms with van der Waals surface area (Å²) in [6.45, 7) is 4.14. The minimum atomic E-state index is -0.307. The molecule has 1 aromatic rings. The number of benzene rings is 1. The summed E-state index contributed by atoms with van der Waals surface area (Å²) in [7, 11) is 0. The average molecular weight is 288 g/mol. The molecule has 0 spiro atoms. The van der Waals surface area contributed by atoms with Gasteiger partial charge in [0.15, 0.2) is 0 Å². The first-order valence-corrected chi connectivity index (χ1v) is 6.08. The van der Waals surface area contributed by atoms with Gasteiger partial charge in [0.1, 0.15) is 17.7 Å². The lowest BCUT2D eigenvalue weighted by atomic mass is 9.65. The predicted octanol–water partition coefficient (Wildman–Crippen LogP) is 3.09. The van der Waals surface area contributed by atoms with Crippen molar-refractivity contribution in [2.75, 3.05) is 0 Å². The molecule has 1 aromatic carbocycles. The zero-order chi connectivity index (χ0) is 11.9. The first-order chi connectivity index (χ1) is 7.41. The smallest absolute Gasteiger partial charge is 0.141 e. The largest absolute Gasteiger partial charge is 0.490 e. The van der Waals surface area contributed by atoms with Gasteiger partial charge in [-0.1, -0.05) is 13.8 Å². The lowest BCUT2D eigenvalue weighted by Gasteiger charge is -2.49. The molecule has 2 N–H and O–H groups in total.